The highest BCUT2D eigenvalue weighted by Crippen LogP contribution is 2.28. The Morgan fingerprint density at radius 1 is 1.29 bits per heavy atom. The smallest absolute Gasteiger partial charge is 0.261 e. The summed E-state index contributed by atoms with van der Waals surface area (Å²) in [6, 6.07) is 3.74. The molecule has 1 amide bonds. The van der Waals surface area contributed by atoms with E-state index in [1.54, 1.807) is 0 Å². The maximum Gasteiger partial charge on any atom is 0.261 e. The lowest BCUT2D eigenvalue weighted by molar-refractivity contribution is 0.0895. The van der Waals surface area contributed by atoms with Gasteiger partial charge in [-0.3, -0.25) is 4.79 Å². The number of rotatable bonds is 3. The molecule has 1 N–H and O–H groups in total. The fourth-order valence-corrected chi connectivity index (χ4v) is 3.46. The largest absolute Gasteiger partial charge is 0.346 e. The minimum atomic E-state index is -0.189. The summed E-state index contributed by atoms with van der Waals surface area (Å²) in [5.74, 6) is 0.00921. The topological polar surface area (TPSA) is 29.1 Å². The quantitative estimate of drug-likeness (QED) is 0.876. The van der Waals surface area contributed by atoms with E-state index in [-0.39, 0.29) is 16.9 Å². The molecule has 0 bridgehead atoms. The van der Waals surface area contributed by atoms with E-state index in [2.05, 4.69) is 55.9 Å². The molecule has 96 valence electrons. The van der Waals surface area contributed by atoms with Crippen molar-refractivity contribution in [1.82, 2.24) is 5.32 Å². The highest BCUT2D eigenvalue weighted by atomic mass is 79.9. The van der Waals surface area contributed by atoms with E-state index in [1.165, 1.54) is 11.3 Å². The SMILES string of the molecule is CC(C)(C)CC(C)(C)NC(=O)c1ccc(Br)s1. The van der Waals surface area contributed by atoms with Gasteiger partial charge in [0.1, 0.15) is 0 Å². The van der Waals surface area contributed by atoms with Crippen molar-refractivity contribution in [3.63, 3.8) is 0 Å². The molecule has 4 heteroatoms. The van der Waals surface area contributed by atoms with Gasteiger partial charge in [0.25, 0.3) is 5.91 Å². The number of carbonyl (C=O) groups is 1. The molecule has 0 unspecified atom stereocenters. The Bertz CT molecular complexity index is 404. The summed E-state index contributed by atoms with van der Waals surface area (Å²) in [6.07, 6.45) is 0.943. The van der Waals surface area contributed by atoms with E-state index in [9.17, 15) is 4.79 Å². The summed E-state index contributed by atoms with van der Waals surface area (Å²) in [5.41, 5.74) is 0.0125. The van der Waals surface area contributed by atoms with Crippen LogP contribution in [0.25, 0.3) is 0 Å². The second-order valence-electron chi connectivity index (χ2n) is 6.18. The molecular formula is C13H20BrNOS. The Labute approximate surface area is 116 Å². The van der Waals surface area contributed by atoms with Gasteiger partial charge >= 0.3 is 0 Å². The molecule has 1 aromatic rings. The molecule has 1 aromatic heterocycles. The van der Waals surface area contributed by atoms with Crippen molar-refractivity contribution in [3.8, 4) is 0 Å². The van der Waals surface area contributed by atoms with E-state index < -0.39 is 0 Å². The molecule has 0 saturated carbocycles. The van der Waals surface area contributed by atoms with E-state index >= 15 is 0 Å². The van der Waals surface area contributed by atoms with Crippen LogP contribution < -0.4 is 5.32 Å². The summed E-state index contributed by atoms with van der Waals surface area (Å²) in [5, 5.41) is 3.09. The molecule has 0 aliphatic heterocycles. The Balaban J connectivity index is 2.68. The Morgan fingerprint density at radius 2 is 1.88 bits per heavy atom. The van der Waals surface area contributed by atoms with Gasteiger partial charge in [-0.15, -0.1) is 11.3 Å². The minimum Gasteiger partial charge on any atom is -0.346 e. The summed E-state index contributed by atoms with van der Waals surface area (Å²) in [4.78, 5) is 12.8. The number of hydrogen-bond donors (Lipinski definition) is 1. The lowest BCUT2D eigenvalue weighted by atomic mass is 9.82. The van der Waals surface area contributed by atoms with Crippen LogP contribution in [0.4, 0.5) is 0 Å². The molecule has 17 heavy (non-hydrogen) atoms. The maximum absolute atomic E-state index is 12.0. The van der Waals surface area contributed by atoms with Crippen molar-refractivity contribution in [2.45, 2.75) is 46.6 Å². The predicted molar refractivity (Wildman–Crippen MR) is 77.6 cm³/mol. The van der Waals surface area contributed by atoms with E-state index in [0.29, 0.717) is 0 Å². The summed E-state index contributed by atoms with van der Waals surface area (Å²) < 4.78 is 0.983. The van der Waals surface area contributed by atoms with Gasteiger partial charge in [-0.1, -0.05) is 20.8 Å². The molecule has 1 heterocycles. The van der Waals surface area contributed by atoms with Crippen molar-refractivity contribution >= 4 is 33.2 Å². The second kappa shape index (κ2) is 5.11. The molecule has 2 nitrogen and oxygen atoms in total. The number of hydrogen-bond acceptors (Lipinski definition) is 2. The average molecular weight is 318 g/mol. The van der Waals surface area contributed by atoms with Crippen LogP contribution in [-0.4, -0.2) is 11.4 Å². The molecule has 0 aliphatic carbocycles. The first-order chi connectivity index (χ1) is 7.59. The third-order valence-corrected chi connectivity index (χ3v) is 3.84. The first-order valence-corrected chi connectivity index (χ1v) is 7.28. The van der Waals surface area contributed by atoms with Crippen LogP contribution in [0.15, 0.2) is 15.9 Å². The van der Waals surface area contributed by atoms with Crippen molar-refractivity contribution in [3.05, 3.63) is 20.8 Å². The monoisotopic (exact) mass is 317 g/mol. The zero-order chi connectivity index (χ0) is 13.3. The molecule has 0 aromatic carbocycles. The zero-order valence-corrected chi connectivity index (χ0v) is 13.5. The molecule has 0 spiro atoms. The van der Waals surface area contributed by atoms with Crippen LogP contribution in [0.1, 0.15) is 50.7 Å². The van der Waals surface area contributed by atoms with Crippen LogP contribution in [0.3, 0.4) is 0 Å². The number of amides is 1. The van der Waals surface area contributed by atoms with Crippen LogP contribution in [0.2, 0.25) is 0 Å². The van der Waals surface area contributed by atoms with Gasteiger partial charge in [0.2, 0.25) is 0 Å². The van der Waals surface area contributed by atoms with Gasteiger partial charge in [0, 0.05) is 5.54 Å². The molecule has 0 saturated heterocycles. The van der Waals surface area contributed by atoms with Crippen LogP contribution in [-0.2, 0) is 0 Å². The normalized spacial score (nSPS) is 12.6. The van der Waals surface area contributed by atoms with Gasteiger partial charge in [-0.2, -0.15) is 0 Å². The molecule has 0 atom stereocenters. The van der Waals surface area contributed by atoms with Gasteiger partial charge in [0.05, 0.1) is 8.66 Å². The third kappa shape index (κ3) is 5.21. The van der Waals surface area contributed by atoms with Gasteiger partial charge in [-0.05, 0) is 53.7 Å². The highest BCUT2D eigenvalue weighted by molar-refractivity contribution is 9.11. The third-order valence-electron chi connectivity index (χ3n) is 2.22. The van der Waals surface area contributed by atoms with E-state index in [4.69, 9.17) is 0 Å². The summed E-state index contributed by atoms with van der Waals surface area (Å²) in [7, 11) is 0. The Morgan fingerprint density at radius 3 is 2.29 bits per heavy atom. The lowest BCUT2D eigenvalue weighted by Crippen LogP contribution is -2.45. The van der Waals surface area contributed by atoms with Crippen molar-refractivity contribution < 1.29 is 4.79 Å². The zero-order valence-electron chi connectivity index (χ0n) is 11.1. The molecule has 0 fully saturated rings. The fraction of sp³-hybridized carbons (Fsp3) is 0.615. The highest BCUT2D eigenvalue weighted by Gasteiger charge is 2.27. The van der Waals surface area contributed by atoms with Gasteiger partial charge < -0.3 is 5.32 Å². The number of nitrogens with one attached hydrogen (secondary N) is 1. The van der Waals surface area contributed by atoms with Gasteiger partial charge in [0.15, 0.2) is 0 Å². The van der Waals surface area contributed by atoms with Crippen LogP contribution in [0, 0.1) is 5.41 Å². The minimum absolute atomic E-state index is 0.00921. The second-order valence-corrected chi connectivity index (χ2v) is 8.64. The van der Waals surface area contributed by atoms with E-state index in [1.807, 2.05) is 12.1 Å². The van der Waals surface area contributed by atoms with Crippen molar-refractivity contribution in [2.24, 2.45) is 5.41 Å². The van der Waals surface area contributed by atoms with Crippen LogP contribution in [0.5, 0.6) is 0 Å². The number of thiophene rings is 1. The van der Waals surface area contributed by atoms with E-state index in [0.717, 1.165) is 15.1 Å². The molecule has 0 radical (unpaired) electrons. The number of carbonyl (C=O) groups excluding carboxylic acids is 1. The summed E-state index contributed by atoms with van der Waals surface area (Å²) >= 11 is 4.83. The maximum atomic E-state index is 12.0. The first kappa shape index (κ1) is 14.7. The number of halogens is 1. The summed E-state index contributed by atoms with van der Waals surface area (Å²) in [6.45, 7) is 10.7. The van der Waals surface area contributed by atoms with Gasteiger partial charge in [-0.25, -0.2) is 0 Å². The van der Waals surface area contributed by atoms with Crippen molar-refractivity contribution in [2.75, 3.05) is 0 Å². The molecule has 0 aliphatic rings. The standard InChI is InChI=1S/C13H20BrNOS/c1-12(2,3)8-13(4,5)15-11(16)9-6-7-10(14)17-9/h6-7H,8H2,1-5H3,(H,15,16). The fourth-order valence-electron chi connectivity index (χ4n) is 2.18. The first-order valence-electron chi connectivity index (χ1n) is 5.67. The predicted octanol–water partition coefficient (Wildman–Crippen LogP) is 4.46. The average Bonchev–Trinajstić information content (AvgIpc) is 2.45. The Hall–Kier alpha value is -0.350. The van der Waals surface area contributed by atoms with Crippen LogP contribution >= 0.6 is 27.3 Å². The lowest BCUT2D eigenvalue weighted by Gasteiger charge is -2.33. The Kier molecular flexibility index (Phi) is 4.42. The molecule has 1 rings (SSSR count). The molecular weight excluding hydrogens is 298 g/mol. The van der Waals surface area contributed by atoms with Crippen molar-refractivity contribution in [1.29, 1.82) is 0 Å².